The van der Waals surface area contributed by atoms with Crippen molar-refractivity contribution < 1.29 is 14.3 Å². The molecule has 1 aliphatic rings. The van der Waals surface area contributed by atoms with Gasteiger partial charge < -0.3 is 5.11 Å². The molecule has 1 aromatic carbocycles. The lowest BCUT2D eigenvalue weighted by atomic mass is 9.94. The van der Waals surface area contributed by atoms with Crippen molar-refractivity contribution in [3.05, 3.63) is 57.5 Å². The number of hydrogen-bond donors (Lipinski definition) is 1. The number of halogens is 1. The molecule has 128 valence electrons. The van der Waals surface area contributed by atoms with E-state index in [4.69, 9.17) is 0 Å². The molecule has 1 aromatic heterocycles. The number of thiophene rings is 1. The summed E-state index contributed by atoms with van der Waals surface area (Å²) in [6.45, 7) is 3.47. The molecule has 1 saturated heterocycles. The van der Waals surface area contributed by atoms with E-state index in [1.54, 1.807) is 23.5 Å². The fraction of sp³-hybridized carbons (Fsp3) is 0.421. The van der Waals surface area contributed by atoms with Gasteiger partial charge in [0.2, 0.25) is 0 Å². The van der Waals surface area contributed by atoms with Crippen molar-refractivity contribution in [1.82, 2.24) is 4.90 Å². The van der Waals surface area contributed by atoms with Gasteiger partial charge in [0.1, 0.15) is 5.82 Å². The lowest BCUT2D eigenvalue weighted by molar-refractivity contribution is -0.143. The van der Waals surface area contributed by atoms with E-state index in [-0.39, 0.29) is 17.8 Å². The molecule has 2 heterocycles. The van der Waals surface area contributed by atoms with E-state index in [0.717, 1.165) is 29.8 Å². The highest BCUT2D eigenvalue weighted by atomic mass is 32.1. The van der Waals surface area contributed by atoms with E-state index < -0.39 is 5.97 Å². The van der Waals surface area contributed by atoms with Crippen molar-refractivity contribution in [2.45, 2.75) is 32.2 Å². The summed E-state index contributed by atoms with van der Waals surface area (Å²) in [6, 6.07) is 10.8. The maximum absolute atomic E-state index is 13.8. The fourth-order valence-electron chi connectivity index (χ4n) is 3.41. The third kappa shape index (κ3) is 3.68. The van der Waals surface area contributed by atoms with E-state index >= 15 is 0 Å². The molecule has 3 rings (SSSR count). The summed E-state index contributed by atoms with van der Waals surface area (Å²) in [4.78, 5) is 16.1. The van der Waals surface area contributed by atoms with E-state index in [1.807, 2.05) is 6.07 Å². The summed E-state index contributed by atoms with van der Waals surface area (Å²) in [5.41, 5.74) is 0.894. The quantitative estimate of drug-likeness (QED) is 0.875. The number of piperidine rings is 1. The normalized spacial score (nSPS) is 20.0. The number of aryl methyl sites for hydroxylation is 1. The van der Waals surface area contributed by atoms with Crippen LogP contribution in [0.25, 0.3) is 0 Å². The molecule has 0 aliphatic carbocycles. The van der Waals surface area contributed by atoms with Crippen LogP contribution < -0.4 is 0 Å². The number of rotatable bonds is 5. The molecule has 2 atom stereocenters. The minimum absolute atomic E-state index is 0.0758. The summed E-state index contributed by atoms with van der Waals surface area (Å²) >= 11 is 1.73. The number of carboxylic acid groups (broad SMARTS) is 1. The minimum Gasteiger partial charge on any atom is -0.481 e. The summed E-state index contributed by atoms with van der Waals surface area (Å²) in [7, 11) is 0. The van der Waals surface area contributed by atoms with Crippen molar-refractivity contribution in [3.63, 3.8) is 0 Å². The highest BCUT2D eigenvalue weighted by Gasteiger charge is 2.32. The van der Waals surface area contributed by atoms with Crippen LogP contribution in [0.1, 0.15) is 41.1 Å². The number of carbonyl (C=O) groups is 1. The topological polar surface area (TPSA) is 40.5 Å². The molecule has 0 spiro atoms. The third-order valence-electron chi connectivity index (χ3n) is 4.63. The van der Waals surface area contributed by atoms with Crippen LogP contribution in [0.5, 0.6) is 0 Å². The Hall–Kier alpha value is -1.72. The van der Waals surface area contributed by atoms with Gasteiger partial charge in [-0.15, -0.1) is 11.3 Å². The van der Waals surface area contributed by atoms with Crippen LogP contribution in [0.15, 0.2) is 36.4 Å². The molecule has 3 nitrogen and oxygen atoms in total. The molecule has 0 radical (unpaired) electrons. The van der Waals surface area contributed by atoms with Crippen LogP contribution in [0, 0.1) is 11.7 Å². The fourth-order valence-corrected chi connectivity index (χ4v) is 4.52. The molecule has 0 saturated carbocycles. The minimum atomic E-state index is -0.738. The zero-order valence-corrected chi connectivity index (χ0v) is 14.6. The van der Waals surface area contributed by atoms with Gasteiger partial charge in [-0.2, -0.15) is 0 Å². The number of aliphatic carboxylic acids is 1. The number of hydrogen-bond acceptors (Lipinski definition) is 3. The van der Waals surface area contributed by atoms with Crippen LogP contribution in [0.4, 0.5) is 4.39 Å². The van der Waals surface area contributed by atoms with Gasteiger partial charge in [0.25, 0.3) is 0 Å². The second-order valence-electron chi connectivity index (χ2n) is 6.29. The van der Waals surface area contributed by atoms with Gasteiger partial charge in [0.15, 0.2) is 0 Å². The van der Waals surface area contributed by atoms with Crippen molar-refractivity contribution in [2.75, 3.05) is 13.1 Å². The molecule has 5 heteroatoms. The first-order chi connectivity index (χ1) is 11.6. The molecule has 1 aliphatic heterocycles. The van der Waals surface area contributed by atoms with Crippen molar-refractivity contribution in [3.8, 4) is 0 Å². The van der Waals surface area contributed by atoms with Gasteiger partial charge in [0, 0.05) is 16.3 Å². The van der Waals surface area contributed by atoms with Crippen molar-refractivity contribution in [2.24, 2.45) is 5.92 Å². The Balaban J connectivity index is 1.96. The summed E-state index contributed by atoms with van der Waals surface area (Å²) in [5, 5.41) is 9.38. The Morgan fingerprint density at radius 1 is 1.42 bits per heavy atom. The van der Waals surface area contributed by atoms with Gasteiger partial charge in [-0.1, -0.05) is 19.1 Å². The molecule has 2 aromatic rings. The predicted molar refractivity (Wildman–Crippen MR) is 93.9 cm³/mol. The lowest BCUT2D eigenvalue weighted by Crippen LogP contribution is -2.41. The standard InChI is InChI=1S/C19H22FNO2S/c1-2-16-8-9-17(24-16)18(13-5-3-7-15(20)11-13)21-10-4-6-14(12-21)19(22)23/h3,5,7-9,11,14,18H,2,4,6,10,12H2,1H3,(H,22,23). The van der Waals surface area contributed by atoms with Gasteiger partial charge in [-0.3, -0.25) is 9.69 Å². The first kappa shape index (κ1) is 17.1. The highest BCUT2D eigenvalue weighted by Crippen LogP contribution is 2.36. The van der Waals surface area contributed by atoms with E-state index in [1.165, 1.54) is 10.9 Å². The van der Waals surface area contributed by atoms with Gasteiger partial charge in [-0.05, 0) is 55.6 Å². The van der Waals surface area contributed by atoms with Gasteiger partial charge in [-0.25, -0.2) is 4.39 Å². The van der Waals surface area contributed by atoms with Crippen LogP contribution in [-0.2, 0) is 11.2 Å². The van der Waals surface area contributed by atoms with Gasteiger partial charge in [0.05, 0.1) is 12.0 Å². The number of nitrogens with zero attached hydrogens (tertiary/aromatic N) is 1. The Kier molecular flexibility index (Phi) is 5.31. The van der Waals surface area contributed by atoms with E-state index in [9.17, 15) is 14.3 Å². The Bertz CT molecular complexity index is 715. The first-order valence-corrected chi connectivity index (χ1v) is 9.21. The zero-order valence-electron chi connectivity index (χ0n) is 13.7. The third-order valence-corrected chi connectivity index (χ3v) is 5.91. The largest absolute Gasteiger partial charge is 0.481 e. The number of benzene rings is 1. The van der Waals surface area contributed by atoms with Gasteiger partial charge >= 0.3 is 5.97 Å². The molecule has 0 amide bonds. The zero-order chi connectivity index (χ0) is 17.1. The summed E-state index contributed by atoms with van der Waals surface area (Å²) in [5.74, 6) is -1.34. The molecule has 1 fully saturated rings. The lowest BCUT2D eigenvalue weighted by Gasteiger charge is -2.37. The summed E-state index contributed by atoms with van der Waals surface area (Å²) in [6.07, 6.45) is 2.54. The first-order valence-electron chi connectivity index (χ1n) is 8.39. The number of likely N-dealkylation sites (tertiary alicyclic amines) is 1. The van der Waals surface area contributed by atoms with E-state index in [0.29, 0.717) is 13.0 Å². The van der Waals surface area contributed by atoms with Crippen LogP contribution >= 0.6 is 11.3 Å². The monoisotopic (exact) mass is 347 g/mol. The predicted octanol–water partition coefficient (Wildman–Crippen LogP) is 4.34. The van der Waals surface area contributed by atoms with Crippen LogP contribution in [-0.4, -0.2) is 29.1 Å². The molecule has 2 unspecified atom stereocenters. The average molecular weight is 347 g/mol. The van der Waals surface area contributed by atoms with Crippen LogP contribution in [0.3, 0.4) is 0 Å². The highest BCUT2D eigenvalue weighted by molar-refractivity contribution is 7.12. The Labute approximate surface area is 145 Å². The second-order valence-corrected chi connectivity index (χ2v) is 7.49. The average Bonchev–Trinajstić information content (AvgIpc) is 3.04. The maximum atomic E-state index is 13.8. The van der Waals surface area contributed by atoms with Crippen molar-refractivity contribution >= 4 is 17.3 Å². The summed E-state index contributed by atoms with van der Waals surface area (Å²) < 4.78 is 13.8. The second kappa shape index (κ2) is 7.45. The Morgan fingerprint density at radius 2 is 2.25 bits per heavy atom. The molecule has 1 N–H and O–H groups in total. The van der Waals surface area contributed by atoms with Crippen molar-refractivity contribution in [1.29, 1.82) is 0 Å². The molecule has 0 bridgehead atoms. The molecular weight excluding hydrogens is 325 g/mol. The molecular formula is C19H22FNO2S. The van der Waals surface area contributed by atoms with Crippen LogP contribution in [0.2, 0.25) is 0 Å². The smallest absolute Gasteiger partial charge is 0.307 e. The maximum Gasteiger partial charge on any atom is 0.307 e. The SMILES string of the molecule is CCc1ccc(C(c2cccc(F)c2)N2CCCC(C(=O)O)C2)s1. The number of carboxylic acids is 1. The molecule has 24 heavy (non-hydrogen) atoms. The Morgan fingerprint density at radius 3 is 2.92 bits per heavy atom. The van der Waals surface area contributed by atoms with E-state index in [2.05, 4.69) is 24.0 Å².